The zero-order chi connectivity index (χ0) is 25.1. The fourth-order valence-electron chi connectivity index (χ4n) is 6.11. The summed E-state index contributed by atoms with van der Waals surface area (Å²) in [6, 6.07) is 13.3. The predicted molar refractivity (Wildman–Crippen MR) is 142 cm³/mol. The predicted octanol–water partition coefficient (Wildman–Crippen LogP) is 5.14. The number of benzene rings is 1. The van der Waals surface area contributed by atoms with Gasteiger partial charge in [0.25, 0.3) is 0 Å². The van der Waals surface area contributed by atoms with Crippen molar-refractivity contribution < 1.29 is 4.79 Å². The third kappa shape index (κ3) is 3.52. The topological polar surface area (TPSA) is 78.8 Å². The van der Waals surface area contributed by atoms with E-state index in [4.69, 9.17) is 10.1 Å². The fourth-order valence-corrected chi connectivity index (χ4v) is 6.11. The standard InChI is InChI=1S/C29H34N6O/c1-5-30-27(36)34-12-10-29(18-34)11-13-35-25(29)15-24(33-35)20-14-22-23(17-32-26(22)31-16-20)28(3,4)21-8-6-19(2)7-9-21/h6-9,14-17H,5,10-13,18H2,1-4H3,(H,30,36)(H,31,32). The average Bonchev–Trinajstić information content (AvgIpc) is 3.64. The molecule has 7 nitrogen and oxygen atoms in total. The zero-order valence-electron chi connectivity index (χ0n) is 21.6. The molecule has 1 spiro atoms. The molecule has 1 aromatic carbocycles. The van der Waals surface area contributed by atoms with E-state index in [1.807, 2.05) is 18.0 Å². The summed E-state index contributed by atoms with van der Waals surface area (Å²) in [6.45, 7) is 11.7. The second kappa shape index (κ2) is 8.22. The van der Waals surface area contributed by atoms with Crippen molar-refractivity contribution >= 4 is 17.1 Å². The van der Waals surface area contributed by atoms with Gasteiger partial charge in [0.05, 0.1) is 5.69 Å². The minimum Gasteiger partial charge on any atom is -0.346 e. The highest BCUT2D eigenvalue weighted by molar-refractivity contribution is 5.85. The van der Waals surface area contributed by atoms with Crippen LogP contribution in [0.25, 0.3) is 22.3 Å². The highest BCUT2D eigenvalue weighted by Crippen LogP contribution is 2.44. The van der Waals surface area contributed by atoms with Crippen molar-refractivity contribution in [3.05, 3.63) is 71.2 Å². The van der Waals surface area contributed by atoms with Gasteiger partial charge in [-0.05, 0) is 49.9 Å². The Hall–Kier alpha value is -3.61. The van der Waals surface area contributed by atoms with E-state index >= 15 is 0 Å². The zero-order valence-corrected chi connectivity index (χ0v) is 21.6. The highest BCUT2D eigenvalue weighted by Gasteiger charge is 2.46. The normalized spacial score (nSPS) is 19.4. The van der Waals surface area contributed by atoms with Crippen LogP contribution in [0.5, 0.6) is 0 Å². The number of nitrogens with one attached hydrogen (secondary N) is 2. The van der Waals surface area contributed by atoms with Crippen LogP contribution >= 0.6 is 0 Å². The minimum atomic E-state index is -0.168. The molecule has 0 saturated carbocycles. The van der Waals surface area contributed by atoms with Gasteiger partial charge in [0, 0.05) is 66.0 Å². The van der Waals surface area contributed by atoms with Gasteiger partial charge in [-0.3, -0.25) is 4.68 Å². The number of fused-ring (bicyclic) bond motifs is 3. The van der Waals surface area contributed by atoms with E-state index in [9.17, 15) is 4.79 Å². The van der Waals surface area contributed by atoms with Gasteiger partial charge < -0.3 is 15.2 Å². The van der Waals surface area contributed by atoms with Crippen LogP contribution < -0.4 is 5.32 Å². The van der Waals surface area contributed by atoms with Crippen molar-refractivity contribution in [1.29, 1.82) is 0 Å². The summed E-state index contributed by atoms with van der Waals surface area (Å²) in [5.41, 5.74) is 7.73. The second-order valence-corrected chi connectivity index (χ2v) is 11.0. The number of hydrogen-bond donors (Lipinski definition) is 2. The second-order valence-electron chi connectivity index (χ2n) is 11.0. The lowest BCUT2D eigenvalue weighted by atomic mass is 9.78. The number of carbonyl (C=O) groups is 1. The lowest BCUT2D eigenvalue weighted by Crippen LogP contribution is -2.40. The Kier molecular flexibility index (Phi) is 5.21. The van der Waals surface area contributed by atoms with Crippen molar-refractivity contribution in [3.8, 4) is 11.3 Å². The summed E-state index contributed by atoms with van der Waals surface area (Å²) >= 11 is 0. The van der Waals surface area contributed by atoms with Gasteiger partial charge in [-0.15, -0.1) is 0 Å². The molecule has 2 aliphatic heterocycles. The Morgan fingerprint density at radius 3 is 2.72 bits per heavy atom. The molecule has 5 heterocycles. The number of hydrogen-bond acceptors (Lipinski definition) is 3. The van der Waals surface area contributed by atoms with E-state index in [0.717, 1.165) is 54.8 Å². The molecule has 186 valence electrons. The van der Waals surface area contributed by atoms with Gasteiger partial charge in [0.15, 0.2) is 0 Å². The smallest absolute Gasteiger partial charge is 0.317 e. The van der Waals surface area contributed by atoms with Crippen molar-refractivity contribution in [2.24, 2.45) is 0 Å². The van der Waals surface area contributed by atoms with E-state index in [-0.39, 0.29) is 16.9 Å². The van der Waals surface area contributed by atoms with E-state index in [1.54, 1.807) is 0 Å². The molecule has 7 heteroatoms. The highest BCUT2D eigenvalue weighted by atomic mass is 16.2. The fraction of sp³-hybridized carbons (Fsp3) is 0.414. The molecule has 2 N–H and O–H groups in total. The lowest BCUT2D eigenvalue weighted by Gasteiger charge is -2.25. The van der Waals surface area contributed by atoms with Crippen LogP contribution in [0.1, 0.15) is 56.0 Å². The molecule has 0 bridgehead atoms. The molecular weight excluding hydrogens is 448 g/mol. The molecule has 2 aliphatic rings. The number of amides is 2. The first kappa shape index (κ1) is 22.8. The van der Waals surface area contributed by atoms with Crippen molar-refractivity contribution in [2.45, 2.75) is 57.9 Å². The number of urea groups is 1. The summed E-state index contributed by atoms with van der Waals surface area (Å²) in [4.78, 5) is 22.5. The molecule has 1 saturated heterocycles. The van der Waals surface area contributed by atoms with Crippen LogP contribution in [0.4, 0.5) is 4.79 Å². The Morgan fingerprint density at radius 2 is 1.94 bits per heavy atom. The monoisotopic (exact) mass is 482 g/mol. The van der Waals surface area contributed by atoms with Crippen molar-refractivity contribution in [2.75, 3.05) is 19.6 Å². The van der Waals surface area contributed by atoms with Crippen LogP contribution in [-0.2, 0) is 17.4 Å². The first-order valence-corrected chi connectivity index (χ1v) is 13.0. The van der Waals surface area contributed by atoms with Crippen molar-refractivity contribution in [3.63, 3.8) is 0 Å². The Morgan fingerprint density at radius 1 is 1.17 bits per heavy atom. The van der Waals surface area contributed by atoms with E-state index in [2.05, 4.69) is 78.3 Å². The van der Waals surface area contributed by atoms with E-state index in [1.165, 1.54) is 22.4 Å². The SMILES string of the molecule is CCNC(=O)N1CCC2(CCn3nc(-c4cnc5[nH]cc(C(C)(C)c6ccc(C)cc6)c5c4)cc32)C1. The molecule has 36 heavy (non-hydrogen) atoms. The largest absolute Gasteiger partial charge is 0.346 e. The number of pyridine rings is 1. The molecule has 3 aromatic heterocycles. The third-order valence-corrected chi connectivity index (χ3v) is 8.37. The summed E-state index contributed by atoms with van der Waals surface area (Å²) in [6.07, 6.45) is 6.04. The first-order valence-electron chi connectivity index (χ1n) is 13.0. The number of aromatic amines is 1. The molecular formula is C29H34N6O. The molecule has 1 fully saturated rings. The number of aromatic nitrogens is 4. The molecule has 1 unspecified atom stereocenters. The lowest BCUT2D eigenvalue weighted by molar-refractivity contribution is 0.206. The van der Waals surface area contributed by atoms with E-state index in [0.29, 0.717) is 6.54 Å². The quantitative estimate of drug-likeness (QED) is 0.423. The van der Waals surface area contributed by atoms with Crippen LogP contribution in [-0.4, -0.2) is 50.3 Å². The van der Waals surface area contributed by atoms with Crippen LogP contribution in [0, 0.1) is 6.92 Å². The summed E-state index contributed by atoms with van der Waals surface area (Å²) in [7, 11) is 0. The molecule has 0 radical (unpaired) electrons. The number of aryl methyl sites for hydroxylation is 2. The van der Waals surface area contributed by atoms with Gasteiger partial charge >= 0.3 is 6.03 Å². The number of H-pyrrole nitrogens is 1. The molecule has 1 atom stereocenters. The summed E-state index contributed by atoms with van der Waals surface area (Å²) in [5.74, 6) is 0. The number of carbonyl (C=O) groups excluding carboxylic acids is 1. The average molecular weight is 483 g/mol. The van der Waals surface area contributed by atoms with E-state index < -0.39 is 0 Å². The van der Waals surface area contributed by atoms with Crippen LogP contribution in [0.2, 0.25) is 0 Å². The maximum Gasteiger partial charge on any atom is 0.317 e. The summed E-state index contributed by atoms with van der Waals surface area (Å²) < 4.78 is 2.15. The van der Waals surface area contributed by atoms with Crippen molar-refractivity contribution in [1.82, 2.24) is 30.0 Å². The third-order valence-electron chi connectivity index (χ3n) is 8.37. The number of nitrogens with zero attached hydrogens (tertiary/aromatic N) is 4. The molecule has 2 amide bonds. The summed E-state index contributed by atoms with van der Waals surface area (Å²) in [5, 5.41) is 9.06. The Labute approximate surface area is 211 Å². The van der Waals surface area contributed by atoms with Gasteiger partial charge in [-0.1, -0.05) is 43.7 Å². The molecule has 0 aliphatic carbocycles. The Bertz CT molecular complexity index is 1450. The number of likely N-dealkylation sites (tertiary alicyclic amines) is 1. The van der Waals surface area contributed by atoms with Gasteiger partial charge in [0.1, 0.15) is 5.65 Å². The van der Waals surface area contributed by atoms with Crippen LogP contribution in [0.3, 0.4) is 0 Å². The number of rotatable bonds is 4. The maximum absolute atomic E-state index is 12.4. The van der Waals surface area contributed by atoms with Gasteiger partial charge in [0.2, 0.25) is 0 Å². The van der Waals surface area contributed by atoms with Gasteiger partial charge in [-0.25, -0.2) is 9.78 Å². The molecule has 6 rings (SSSR count). The first-order chi connectivity index (χ1) is 17.3. The maximum atomic E-state index is 12.4. The Balaban J connectivity index is 1.34. The molecule has 4 aromatic rings. The van der Waals surface area contributed by atoms with Crippen LogP contribution in [0.15, 0.2) is 48.8 Å². The minimum absolute atomic E-state index is 0.000534. The van der Waals surface area contributed by atoms with Gasteiger partial charge in [-0.2, -0.15) is 5.10 Å².